The maximum Gasteiger partial charge on any atom is 0.245 e. The minimum Gasteiger partial charge on any atom is -0.378 e. The van der Waals surface area contributed by atoms with Crippen LogP contribution < -0.4 is 11.1 Å². The van der Waals surface area contributed by atoms with Crippen molar-refractivity contribution in [2.24, 2.45) is 5.73 Å². The number of halogens is 1. The Morgan fingerprint density at radius 3 is 2.48 bits per heavy atom. The molecule has 23 heavy (non-hydrogen) atoms. The Bertz CT molecular complexity index is 507. The molecule has 6 nitrogen and oxygen atoms in total. The number of morpholine rings is 1. The maximum atomic E-state index is 12.2. The first kappa shape index (κ1) is 19.4. The van der Waals surface area contributed by atoms with E-state index in [1.807, 2.05) is 30.3 Å². The number of hydrogen-bond acceptors (Lipinski definition) is 4. The van der Waals surface area contributed by atoms with Crippen LogP contribution in [0.15, 0.2) is 30.3 Å². The Morgan fingerprint density at radius 2 is 1.87 bits per heavy atom. The van der Waals surface area contributed by atoms with Crippen molar-refractivity contribution in [3.8, 4) is 0 Å². The summed E-state index contributed by atoms with van der Waals surface area (Å²) >= 11 is 0. The van der Waals surface area contributed by atoms with Crippen molar-refractivity contribution < 1.29 is 14.3 Å². The van der Waals surface area contributed by atoms with Gasteiger partial charge in [-0.05, 0) is 18.9 Å². The maximum absolute atomic E-state index is 12.2. The summed E-state index contributed by atoms with van der Waals surface area (Å²) in [5.41, 5.74) is 6.92. The third-order valence-corrected chi connectivity index (χ3v) is 3.69. The van der Waals surface area contributed by atoms with Gasteiger partial charge in [0.2, 0.25) is 11.8 Å². The lowest BCUT2D eigenvalue weighted by Crippen LogP contribution is -2.53. The highest BCUT2D eigenvalue weighted by Gasteiger charge is 2.25. The topological polar surface area (TPSA) is 84.7 Å². The van der Waals surface area contributed by atoms with Crippen LogP contribution in [0.2, 0.25) is 0 Å². The van der Waals surface area contributed by atoms with Crippen molar-refractivity contribution >= 4 is 24.2 Å². The molecule has 0 aliphatic carbocycles. The van der Waals surface area contributed by atoms with Crippen LogP contribution in [0.3, 0.4) is 0 Å². The molecule has 0 aromatic heterocycles. The van der Waals surface area contributed by atoms with E-state index in [0.717, 1.165) is 5.56 Å². The van der Waals surface area contributed by atoms with Gasteiger partial charge in [0, 0.05) is 13.1 Å². The van der Waals surface area contributed by atoms with E-state index in [2.05, 4.69) is 5.32 Å². The fourth-order valence-electron chi connectivity index (χ4n) is 2.40. The van der Waals surface area contributed by atoms with Crippen molar-refractivity contribution in [2.75, 3.05) is 26.3 Å². The molecule has 0 radical (unpaired) electrons. The van der Waals surface area contributed by atoms with Crippen molar-refractivity contribution in [3.05, 3.63) is 35.9 Å². The molecule has 2 atom stereocenters. The van der Waals surface area contributed by atoms with E-state index >= 15 is 0 Å². The zero-order valence-corrected chi connectivity index (χ0v) is 14.1. The number of nitrogens with two attached hydrogens (primary N) is 1. The van der Waals surface area contributed by atoms with Crippen LogP contribution in [0, 0.1) is 0 Å². The lowest BCUT2D eigenvalue weighted by atomic mass is 10.1. The number of benzene rings is 1. The Kier molecular flexibility index (Phi) is 8.02. The van der Waals surface area contributed by atoms with Crippen LogP contribution in [0.1, 0.15) is 12.5 Å². The van der Waals surface area contributed by atoms with Crippen LogP contribution in [-0.2, 0) is 20.7 Å². The molecule has 1 aliphatic rings. The summed E-state index contributed by atoms with van der Waals surface area (Å²) in [6, 6.07) is 8.34. The zero-order chi connectivity index (χ0) is 15.9. The highest BCUT2D eigenvalue weighted by molar-refractivity contribution is 5.89. The van der Waals surface area contributed by atoms with Gasteiger partial charge in [-0.1, -0.05) is 30.3 Å². The van der Waals surface area contributed by atoms with Crippen LogP contribution in [0.4, 0.5) is 0 Å². The van der Waals surface area contributed by atoms with E-state index < -0.39 is 12.1 Å². The van der Waals surface area contributed by atoms with Crippen molar-refractivity contribution in [3.63, 3.8) is 0 Å². The summed E-state index contributed by atoms with van der Waals surface area (Å²) < 4.78 is 5.21. The summed E-state index contributed by atoms with van der Waals surface area (Å²) in [5, 5.41) is 2.70. The Labute approximate surface area is 142 Å². The highest BCUT2D eigenvalue weighted by atomic mass is 35.5. The van der Waals surface area contributed by atoms with Crippen LogP contribution in [0.5, 0.6) is 0 Å². The minimum atomic E-state index is -0.665. The molecule has 2 rings (SSSR count). The number of amides is 2. The van der Waals surface area contributed by atoms with Gasteiger partial charge >= 0.3 is 0 Å². The Morgan fingerprint density at radius 1 is 1.26 bits per heavy atom. The van der Waals surface area contributed by atoms with Gasteiger partial charge in [0.15, 0.2) is 0 Å². The van der Waals surface area contributed by atoms with Gasteiger partial charge in [-0.25, -0.2) is 0 Å². The predicted molar refractivity (Wildman–Crippen MR) is 90.4 cm³/mol. The quantitative estimate of drug-likeness (QED) is 0.809. The predicted octanol–water partition coefficient (Wildman–Crippen LogP) is 0.342. The molecular formula is C16H24ClN3O3. The lowest BCUT2D eigenvalue weighted by molar-refractivity contribution is -0.139. The average molecular weight is 342 g/mol. The van der Waals surface area contributed by atoms with E-state index in [1.54, 1.807) is 11.8 Å². The number of ether oxygens (including phenoxy) is 1. The van der Waals surface area contributed by atoms with E-state index in [4.69, 9.17) is 10.5 Å². The molecule has 0 bridgehead atoms. The van der Waals surface area contributed by atoms with E-state index in [1.165, 1.54) is 0 Å². The molecule has 2 amide bonds. The van der Waals surface area contributed by atoms with Gasteiger partial charge in [0.1, 0.15) is 6.04 Å². The molecular weight excluding hydrogens is 318 g/mol. The molecule has 7 heteroatoms. The lowest BCUT2D eigenvalue weighted by Gasteiger charge is -2.29. The average Bonchev–Trinajstić information content (AvgIpc) is 2.55. The normalized spacial score (nSPS) is 16.9. The second-order valence-electron chi connectivity index (χ2n) is 5.46. The van der Waals surface area contributed by atoms with Crippen LogP contribution >= 0.6 is 12.4 Å². The Hall–Kier alpha value is -1.63. The minimum absolute atomic E-state index is 0. The summed E-state index contributed by atoms with van der Waals surface area (Å²) in [6.45, 7) is 3.90. The first-order valence-electron chi connectivity index (χ1n) is 7.54. The van der Waals surface area contributed by atoms with Gasteiger partial charge in [-0.3, -0.25) is 9.59 Å². The van der Waals surface area contributed by atoms with Crippen molar-refractivity contribution in [1.82, 2.24) is 10.2 Å². The number of hydrogen-bond donors (Lipinski definition) is 2. The number of nitrogens with zero attached hydrogens (tertiary/aromatic N) is 1. The number of nitrogens with one attached hydrogen (secondary N) is 1. The van der Waals surface area contributed by atoms with Gasteiger partial charge < -0.3 is 20.7 Å². The van der Waals surface area contributed by atoms with Gasteiger partial charge in [-0.15, -0.1) is 12.4 Å². The van der Waals surface area contributed by atoms with Gasteiger partial charge in [-0.2, -0.15) is 0 Å². The van der Waals surface area contributed by atoms with E-state index in [0.29, 0.717) is 32.7 Å². The monoisotopic (exact) mass is 341 g/mol. The number of carbonyl (C=O) groups excluding carboxylic acids is 2. The second kappa shape index (κ2) is 9.50. The van der Waals surface area contributed by atoms with Crippen molar-refractivity contribution in [1.29, 1.82) is 0 Å². The standard InChI is InChI=1S/C16H23N3O3.ClH/c1-12(16(21)19-7-9-22-10-8-19)18-15(20)14(17)11-13-5-3-2-4-6-13;/h2-6,12,14H,7-11,17H2,1H3,(H,18,20);1H/t12?,14-;/m0./s1. The largest absolute Gasteiger partial charge is 0.378 e. The van der Waals surface area contributed by atoms with E-state index in [9.17, 15) is 9.59 Å². The molecule has 1 fully saturated rings. The summed E-state index contributed by atoms with van der Waals surface area (Å²) in [7, 11) is 0. The SMILES string of the molecule is CC(NC(=O)[C@@H](N)Cc1ccccc1)C(=O)N1CCOCC1.Cl. The molecule has 1 saturated heterocycles. The Balaban J connectivity index is 0.00000264. The van der Waals surface area contributed by atoms with Crippen molar-refractivity contribution in [2.45, 2.75) is 25.4 Å². The summed E-state index contributed by atoms with van der Waals surface area (Å²) in [4.78, 5) is 26.0. The fraction of sp³-hybridized carbons (Fsp3) is 0.500. The van der Waals surface area contributed by atoms with Gasteiger partial charge in [0.25, 0.3) is 0 Å². The first-order chi connectivity index (χ1) is 10.6. The van der Waals surface area contributed by atoms with E-state index in [-0.39, 0.29) is 24.2 Å². The zero-order valence-electron chi connectivity index (χ0n) is 13.2. The van der Waals surface area contributed by atoms with Crippen LogP contribution in [0.25, 0.3) is 0 Å². The molecule has 1 aliphatic heterocycles. The van der Waals surface area contributed by atoms with Gasteiger partial charge in [0.05, 0.1) is 19.3 Å². The third-order valence-electron chi connectivity index (χ3n) is 3.69. The molecule has 3 N–H and O–H groups in total. The second-order valence-corrected chi connectivity index (χ2v) is 5.46. The molecule has 1 heterocycles. The molecule has 1 unspecified atom stereocenters. The smallest absolute Gasteiger partial charge is 0.245 e. The molecule has 0 spiro atoms. The first-order valence-corrected chi connectivity index (χ1v) is 7.54. The number of rotatable bonds is 5. The molecule has 1 aromatic carbocycles. The third kappa shape index (κ3) is 5.82. The molecule has 0 saturated carbocycles. The number of carbonyl (C=O) groups is 2. The summed E-state index contributed by atoms with van der Waals surface area (Å²) in [6.07, 6.45) is 0.450. The fourth-order valence-corrected chi connectivity index (χ4v) is 2.40. The van der Waals surface area contributed by atoms with Crippen LogP contribution in [-0.4, -0.2) is 55.1 Å². The molecule has 1 aromatic rings. The summed E-state index contributed by atoms with van der Waals surface area (Å²) in [5.74, 6) is -0.401. The highest BCUT2D eigenvalue weighted by Crippen LogP contribution is 2.04. The molecule has 128 valence electrons.